The van der Waals surface area contributed by atoms with Gasteiger partial charge in [0.25, 0.3) is 5.91 Å². The Hall–Kier alpha value is -3.55. The maximum absolute atomic E-state index is 12.8. The van der Waals surface area contributed by atoms with Crippen LogP contribution in [0, 0.1) is 0 Å². The highest BCUT2D eigenvalue weighted by Gasteiger charge is 2.30. The number of hydrogen-bond donors (Lipinski definition) is 3. The van der Waals surface area contributed by atoms with E-state index < -0.39 is 23.9 Å². The molecule has 1 unspecified atom stereocenters. The van der Waals surface area contributed by atoms with Crippen LogP contribution >= 0.6 is 0 Å². The zero-order valence-corrected chi connectivity index (χ0v) is 16.0. The van der Waals surface area contributed by atoms with Crippen molar-refractivity contribution in [2.24, 2.45) is 0 Å². The van der Waals surface area contributed by atoms with E-state index in [9.17, 15) is 22.8 Å². The lowest BCUT2D eigenvalue weighted by molar-refractivity contribution is -0.137. The van der Waals surface area contributed by atoms with E-state index in [1.807, 2.05) is 12.1 Å². The molecule has 0 fully saturated rings. The van der Waals surface area contributed by atoms with E-state index in [1.54, 1.807) is 31.2 Å². The maximum atomic E-state index is 12.8. The SMILES string of the molecule is CC(CNC(=O)O)NC(=O)c1ccc2c(-c3ccc(C(F)(F)F)cc3)cccc2c1. The van der Waals surface area contributed by atoms with Gasteiger partial charge in [0, 0.05) is 18.2 Å². The molecular weight excluding hydrogens is 397 g/mol. The van der Waals surface area contributed by atoms with Crippen LogP contribution in [0.1, 0.15) is 22.8 Å². The number of rotatable bonds is 5. The first-order valence-electron chi connectivity index (χ1n) is 9.13. The smallest absolute Gasteiger partial charge is 0.416 e. The van der Waals surface area contributed by atoms with Crippen molar-refractivity contribution in [1.82, 2.24) is 10.6 Å². The lowest BCUT2D eigenvalue weighted by Gasteiger charge is -2.14. The number of fused-ring (bicyclic) bond motifs is 1. The van der Waals surface area contributed by atoms with Gasteiger partial charge in [0.2, 0.25) is 0 Å². The molecule has 5 nitrogen and oxygen atoms in total. The van der Waals surface area contributed by atoms with Crippen LogP contribution in [0.25, 0.3) is 21.9 Å². The first-order valence-corrected chi connectivity index (χ1v) is 9.13. The van der Waals surface area contributed by atoms with E-state index in [-0.39, 0.29) is 12.5 Å². The van der Waals surface area contributed by atoms with Crippen LogP contribution in [0.3, 0.4) is 0 Å². The minimum absolute atomic E-state index is 0.0761. The van der Waals surface area contributed by atoms with Crippen molar-refractivity contribution in [3.8, 4) is 11.1 Å². The third kappa shape index (κ3) is 4.89. The third-order valence-electron chi connectivity index (χ3n) is 4.60. The fourth-order valence-electron chi connectivity index (χ4n) is 3.11. The van der Waals surface area contributed by atoms with Crippen molar-refractivity contribution in [2.45, 2.75) is 19.1 Å². The molecule has 30 heavy (non-hydrogen) atoms. The van der Waals surface area contributed by atoms with E-state index in [1.165, 1.54) is 12.1 Å². The van der Waals surface area contributed by atoms with Gasteiger partial charge in [-0.3, -0.25) is 4.79 Å². The molecule has 156 valence electrons. The van der Waals surface area contributed by atoms with Crippen LogP contribution in [0.5, 0.6) is 0 Å². The average molecular weight is 416 g/mol. The van der Waals surface area contributed by atoms with E-state index in [4.69, 9.17) is 5.11 Å². The second-order valence-electron chi connectivity index (χ2n) is 6.88. The lowest BCUT2D eigenvalue weighted by atomic mass is 9.96. The van der Waals surface area contributed by atoms with Gasteiger partial charge in [-0.2, -0.15) is 13.2 Å². The second kappa shape index (κ2) is 8.44. The summed E-state index contributed by atoms with van der Waals surface area (Å²) >= 11 is 0. The molecule has 3 aromatic carbocycles. The molecule has 0 aliphatic heterocycles. The van der Waals surface area contributed by atoms with Crippen LogP contribution in [-0.2, 0) is 6.18 Å². The Balaban J connectivity index is 1.85. The molecule has 0 aliphatic rings. The monoisotopic (exact) mass is 416 g/mol. The fourth-order valence-corrected chi connectivity index (χ4v) is 3.11. The van der Waals surface area contributed by atoms with Crippen LogP contribution < -0.4 is 10.6 Å². The summed E-state index contributed by atoms with van der Waals surface area (Å²) in [5.41, 5.74) is 1.08. The molecule has 0 aliphatic carbocycles. The molecule has 0 radical (unpaired) electrons. The van der Waals surface area contributed by atoms with Gasteiger partial charge in [0.05, 0.1) is 5.56 Å². The van der Waals surface area contributed by atoms with Gasteiger partial charge in [-0.1, -0.05) is 36.4 Å². The predicted molar refractivity (Wildman–Crippen MR) is 107 cm³/mol. The maximum Gasteiger partial charge on any atom is 0.416 e. The predicted octanol–water partition coefficient (Wildman–Crippen LogP) is 4.91. The first-order chi connectivity index (χ1) is 14.1. The molecule has 1 atom stereocenters. The first kappa shape index (κ1) is 21.2. The number of nitrogens with one attached hydrogen (secondary N) is 2. The molecule has 0 saturated heterocycles. The van der Waals surface area contributed by atoms with E-state index in [0.29, 0.717) is 11.1 Å². The quantitative estimate of drug-likeness (QED) is 0.553. The van der Waals surface area contributed by atoms with Crippen molar-refractivity contribution in [3.63, 3.8) is 0 Å². The Bertz CT molecular complexity index is 1080. The molecule has 2 amide bonds. The Morgan fingerprint density at radius 1 is 1.03 bits per heavy atom. The summed E-state index contributed by atoms with van der Waals surface area (Å²) in [6.45, 7) is 1.75. The summed E-state index contributed by atoms with van der Waals surface area (Å²) in [4.78, 5) is 23.0. The fraction of sp³-hybridized carbons (Fsp3) is 0.182. The van der Waals surface area contributed by atoms with Gasteiger partial charge in [0.1, 0.15) is 0 Å². The molecule has 0 bridgehead atoms. The van der Waals surface area contributed by atoms with E-state index in [2.05, 4.69) is 10.6 Å². The second-order valence-corrected chi connectivity index (χ2v) is 6.88. The molecule has 3 N–H and O–H groups in total. The minimum atomic E-state index is -4.39. The normalized spacial score (nSPS) is 12.4. The van der Waals surface area contributed by atoms with E-state index in [0.717, 1.165) is 28.5 Å². The third-order valence-corrected chi connectivity index (χ3v) is 4.60. The number of amides is 2. The van der Waals surface area contributed by atoms with Crippen molar-refractivity contribution in [1.29, 1.82) is 0 Å². The molecule has 3 rings (SSSR count). The van der Waals surface area contributed by atoms with Gasteiger partial charge >= 0.3 is 12.3 Å². The van der Waals surface area contributed by atoms with Crippen LogP contribution in [-0.4, -0.2) is 29.7 Å². The van der Waals surface area contributed by atoms with Crippen molar-refractivity contribution in [3.05, 3.63) is 71.8 Å². The van der Waals surface area contributed by atoms with Gasteiger partial charge in [0.15, 0.2) is 0 Å². The topological polar surface area (TPSA) is 78.4 Å². The zero-order chi connectivity index (χ0) is 21.9. The number of halogens is 3. The van der Waals surface area contributed by atoms with Crippen molar-refractivity contribution in [2.75, 3.05) is 6.54 Å². The Morgan fingerprint density at radius 2 is 1.73 bits per heavy atom. The zero-order valence-electron chi connectivity index (χ0n) is 16.0. The number of carboxylic acid groups (broad SMARTS) is 1. The Morgan fingerprint density at radius 3 is 2.37 bits per heavy atom. The molecule has 0 saturated carbocycles. The number of alkyl halides is 3. The largest absolute Gasteiger partial charge is 0.465 e. The van der Waals surface area contributed by atoms with Crippen LogP contribution in [0.15, 0.2) is 60.7 Å². The number of carbonyl (C=O) groups is 2. The number of hydrogen-bond acceptors (Lipinski definition) is 2. The highest BCUT2D eigenvalue weighted by atomic mass is 19.4. The molecule has 0 aromatic heterocycles. The summed E-state index contributed by atoms with van der Waals surface area (Å²) in [6.07, 6.45) is -5.56. The molecular formula is C22H19F3N2O3. The summed E-state index contributed by atoms with van der Waals surface area (Å²) < 4.78 is 38.4. The molecule has 8 heteroatoms. The molecule has 0 heterocycles. The highest BCUT2D eigenvalue weighted by Crippen LogP contribution is 2.33. The van der Waals surface area contributed by atoms with Gasteiger partial charge < -0.3 is 15.7 Å². The van der Waals surface area contributed by atoms with Crippen molar-refractivity contribution >= 4 is 22.8 Å². The number of carbonyl (C=O) groups excluding carboxylic acids is 1. The Labute approximate surface area is 170 Å². The summed E-state index contributed by atoms with van der Waals surface area (Å²) in [6, 6.07) is 15.0. The van der Waals surface area contributed by atoms with Gasteiger partial charge in [-0.25, -0.2) is 4.79 Å². The van der Waals surface area contributed by atoms with Crippen LogP contribution in [0.2, 0.25) is 0 Å². The van der Waals surface area contributed by atoms with E-state index >= 15 is 0 Å². The molecule has 3 aromatic rings. The average Bonchev–Trinajstić information content (AvgIpc) is 2.70. The summed E-state index contributed by atoms with van der Waals surface area (Å²) in [5.74, 6) is -0.350. The number of benzene rings is 3. The summed E-state index contributed by atoms with van der Waals surface area (Å²) in [7, 11) is 0. The summed E-state index contributed by atoms with van der Waals surface area (Å²) in [5, 5.41) is 15.1. The van der Waals surface area contributed by atoms with Gasteiger partial charge in [-0.15, -0.1) is 0 Å². The minimum Gasteiger partial charge on any atom is -0.465 e. The lowest BCUT2D eigenvalue weighted by Crippen LogP contribution is -2.41. The Kier molecular flexibility index (Phi) is 5.96. The highest BCUT2D eigenvalue weighted by molar-refractivity contribution is 6.02. The molecule has 0 spiro atoms. The van der Waals surface area contributed by atoms with Crippen molar-refractivity contribution < 1.29 is 27.9 Å². The van der Waals surface area contributed by atoms with Crippen LogP contribution in [0.4, 0.5) is 18.0 Å². The standard InChI is InChI=1S/C22H19F3N2O3/c1-13(12-26-21(29)30)27-20(28)16-7-10-19-15(11-16)3-2-4-18(19)14-5-8-17(9-6-14)22(23,24)25/h2-11,13,26H,12H2,1H3,(H,27,28)(H,29,30). The van der Waals surface area contributed by atoms with Gasteiger partial charge in [-0.05, 0) is 53.1 Å².